The molecule has 0 bridgehead atoms. The Bertz CT molecular complexity index is 499. The van der Waals surface area contributed by atoms with Gasteiger partial charge in [0.1, 0.15) is 6.10 Å². The van der Waals surface area contributed by atoms with Gasteiger partial charge in [0.05, 0.1) is 19.3 Å². The molecule has 0 amide bonds. The van der Waals surface area contributed by atoms with Gasteiger partial charge in [-0.25, -0.2) is 0 Å². The second-order valence-corrected chi connectivity index (χ2v) is 8.38. The van der Waals surface area contributed by atoms with Gasteiger partial charge in [-0.05, 0) is 42.2 Å². The van der Waals surface area contributed by atoms with Gasteiger partial charge in [0.2, 0.25) is 0 Å². The molecule has 1 aromatic carbocycles. The van der Waals surface area contributed by atoms with E-state index in [2.05, 4.69) is 38.1 Å². The quantitative estimate of drug-likeness (QED) is 0.476. The van der Waals surface area contributed by atoms with E-state index >= 15 is 0 Å². The van der Waals surface area contributed by atoms with Crippen LogP contribution in [0.5, 0.6) is 0 Å². The van der Waals surface area contributed by atoms with E-state index < -0.39 is 0 Å². The Morgan fingerprint density at radius 2 is 1.58 bits per heavy atom. The van der Waals surface area contributed by atoms with Crippen LogP contribution in [0.3, 0.4) is 0 Å². The van der Waals surface area contributed by atoms with E-state index in [0.717, 1.165) is 24.9 Å². The number of hydrogen-bond acceptors (Lipinski definition) is 2. The fourth-order valence-electron chi connectivity index (χ4n) is 4.84. The summed E-state index contributed by atoms with van der Waals surface area (Å²) in [6, 6.07) is 9.31. The van der Waals surface area contributed by atoms with Gasteiger partial charge in [-0.3, -0.25) is 0 Å². The van der Waals surface area contributed by atoms with Crippen molar-refractivity contribution in [2.75, 3.05) is 13.2 Å². The van der Waals surface area contributed by atoms with Gasteiger partial charge in [0.25, 0.3) is 0 Å². The molecule has 1 saturated carbocycles. The summed E-state index contributed by atoms with van der Waals surface area (Å²) < 4.78 is 12.2. The zero-order valence-corrected chi connectivity index (χ0v) is 16.9. The monoisotopic (exact) mass is 358 g/mol. The summed E-state index contributed by atoms with van der Waals surface area (Å²) >= 11 is 0. The van der Waals surface area contributed by atoms with Crippen LogP contribution in [0.1, 0.15) is 101 Å². The summed E-state index contributed by atoms with van der Waals surface area (Å²) in [5.41, 5.74) is 2.82. The second-order valence-electron chi connectivity index (χ2n) is 8.38. The highest BCUT2D eigenvalue weighted by Crippen LogP contribution is 2.40. The van der Waals surface area contributed by atoms with Gasteiger partial charge in [-0.15, -0.1) is 0 Å². The number of ether oxygens (including phenoxy) is 2. The first-order valence-corrected chi connectivity index (χ1v) is 11.1. The Morgan fingerprint density at radius 3 is 2.27 bits per heavy atom. The lowest BCUT2D eigenvalue weighted by molar-refractivity contribution is -0.137. The molecule has 1 heterocycles. The van der Waals surface area contributed by atoms with E-state index in [1.807, 2.05) is 0 Å². The first-order valence-electron chi connectivity index (χ1n) is 11.1. The summed E-state index contributed by atoms with van der Waals surface area (Å²) in [5.74, 6) is 1.65. The van der Waals surface area contributed by atoms with Crippen LogP contribution in [0.25, 0.3) is 0 Å². The Hall–Kier alpha value is -0.860. The largest absolute Gasteiger partial charge is 0.373 e. The van der Waals surface area contributed by atoms with Crippen molar-refractivity contribution in [1.82, 2.24) is 0 Å². The summed E-state index contributed by atoms with van der Waals surface area (Å²) in [6.07, 6.45) is 13.7. The third kappa shape index (κ3) is 5.33. The molecule has 4 atom stereocenters. The van der Waals surface area contributed by atoms with E-state index in [-0.39, 0.29) is 6.10 Å². The van der Waals surface area contributed by atoms with Crippen LogP contribution < -0.4 is 0 Å². The lowest BCUT2D eigenvalue weighted by Crippen LogP contribution is -2.31. The third-order valence-corrected chi connectivity index (χ3v) is 6.40. The highest BCUT2D eigenvalue weighted by Gasteiger charge is 2.27. The average Bonchev–Trinajstić information content (AvgIpc) is 2.70. The molecule has 0 N–H and O–H groups in total. The van der Waals surface area contributed by atoms with Crippen LogP contribution in [0.4, 0.5) is 0 Å². The maximum absolute atomic E-state index is 6.13. The molecule has 0 radical (unpaired) electrons. The van der Waals surface area contributed by atoms with Crippen molar-refractivity contribution in [2.45, 2.75) is 96.2 Å². The molecule has 2 heteroatoms. The molecule has 2 aliphatic rings. The molecule has 0 unspecified atom stereocenters. The minimum absolute atomic E-state index is 0.115. The fraction of sp³-hybridized carbons (Fsp3) is 0.750. The molecular weight excluding hydrogens is 320 g/mol. The van der Waals surface area contributed by atoms with Crippen LogP contribution in [-0.2, 0) is 9.47 Å². The normalized spacial score (nSPS) is 29.6. The summed E-state index contributed by atoms with van der Waals surface area (Å²) in [6.45, 7) is 6.02. The zero-order valence-electron chi connectivity index (χ0n) is 16.9. The Balaban J connectivity index is 1.53. The smallest absolute Gasteiger partial charge is 0.106 e. The van der Waals surface area contributed by atoms with Crippen LogP contribution in [0.15, 0.2) is 24.3 Å². The molecule has 3 rings (SSSR count). The molecule has 2 fully saturated rings. The maximum Gasteiger partial charge on any atom is 0.106 e. The number of hydrogen-bond donors (Lipinski definition) is 0. The summed E-state index contributed by atoms with van der Waals surface area (Å²) in [5, 5.41) is 0. The van der Waals surface area contributed by atoms with Gasteiger partial charge < -0.3 is 9.47 Å². The maximum atomic E-state index is 6.13. The van der Waals surface area contributed by atoms with Gasteiger partial charge >= 0.3 is 0 Å². The first kappa shape index (κ1) is 19.9. The number of unbranched alkanes of at least 4 members (excludes halogenated alkanes) is 2. The highest BCUT2D eigenvalue weighted by atomic mass is 16.6. The van der Waals surface area contributed by atoms with Gasteiger partial charge in [0.15, 0.2) is 0 Å². The Labute approximate surface area is 160 Å². The lowest BCUT2D eigenvalue weighted by Gasteiger charge is -2.33. The summed E-state index contributed by atoms with van der Waals surface area (Å²) in [4.78, 5) is 0. The minimum atomic E-state index is 0.115. The van der Waals surface area contributed by atoms with Crippen LogP contribution in [0, 0.1) is 5.92 Å². The van der Waals surface area contributed by atoms with Gasteiger partial charge in [-0.1, -0.05) is 83.1 Å². The SMILES string of the molecule is CCCCC[C@H]1CO[C@H](c2ccc([C@@H]3CCCC[C@H]3CCC)cc2)CO1. The molecular formula is C24H38O2. The van der Waals surface area contributed by atoms with Crippen molar-refractivity contribution >= 4 is 0 Å². The van der Waals surface area contributed by atoms with E-state index in [9.17, 15) is 0 Å². The predicted molar refractivity (Wildman–Crippen MR) is 109 cm³/mol. The molecule has 1 saturated heterocycles. The van der Waals surface area contributed by atoms with Crippen molar-refractivity contribution < 1.29 is 9.47 Å². The van der Waals surface area contributed by atoms with Crippen molar-refractivity contribution in [3.8, 4) is 0 Å². The second kappa shape index (κ2) is 10.5. The number of rotatable bonds is 8. The molecule has 26 heavy (non-hydrogen) atoms. The Kier molecular flexibility index (Phi) is 8.01. The summed E-state index contributed by atoms with van der Waals surface area (Å²) in [7, 11) is 0. The van der Waals surface area contributed by atoms with Crippen LogP contribution >= 0.6 is 0 Å². The van der Waals surface area contributed by atoms with E-state index in [1.54, 1.807) is 5.56 Å². The van der Waals surface area contributed by atoms with E-state index in [0.29, 0.717) is 12.7 Å². The van der Waals surface area contributed by atoms with Gasteiger partial charge in [-0.2, -0.15) is 0 Å². The average molecular weight is 359 g/mol. The van der Waals surface area contributed by atoms with Gasteiger partial charge in [0, 0.05) is 0 Å². The molecule has 0 spiro atoms. The van der Waals surface area contributed by atoms with Crippen LogP contribution in [-0.4, -0.2) is 19.3 Å². The molecule has 146 valence electrons. The topological polar surface area (TPSA) is 18.5 Å². The predicted octanol–water partition coefficient (Wildman–Crippen LogP) is 6.80. The molecule has 1 aliphatic heterocycles. The van der Waals surface area contributed by atoms with E-state index in [4.69, 9.17) is 9.47 Å². The van der Waals surface area contributed by atoms with E-state index in [1.165, 1.54) is 63.4 Å². The molecule has 2 nitrogen and oxygen atoms in total. The first-order chi connectivity index (χ1) is 12.8. The standard InChI is InChI=1S/C24H38O2/c1-3-5-6-11-22-17-26-24(18-25-22)21-15-13-20(14-16-21)23-12-8-7-10-19(23)9-4-2/h13-16,19,22-24H,3-12,17-18H2,1-2H3/t19-,22+,23-,24+/m1/s1. The van der Waals surface area contributed by atoms with Crippen molar-refractivity contribution in [3.05, 3.63) is 35.4 Å². The molecule has 0 aromatic heterocycles. The third-order valence-electron chi connectivity index (χ3n) is 6.40. The Morgan fingerprint density at radius 1 is 0.808 bits per heavy atom. The molecule has 1 aliphatic carbocycles. The number of benzene rings is 1. The highest BCUT2D eigenvalue weighted by molar-refractivity contribution is 5.28. The minimum Gasteiger partial charge on any atom is -0.373 e. The van der Waals surface area contributed by atoms with Crippen LogP contribution in [0.2, 0.25) is 0 Å². The zero-order chi connectivity index (χ0) is 18.2. The lowest BCUT2D eigenvalue weighted by atomic mass is 9.73. The molecule has 1 aromatic rings. The fourth-order valence-corrected chi connectivity index (χ4v) is 4.84. The van der Waals surface area contributed by atoms with Crippen molar-refractivity contribution in [3.63, 3.8) is 0 Å². The van der Waals surface area contributed by atoms with Crippen molar-refractivity contribution in [1.29, 1.82) is 0 Å². The van der Waals surface area contributed by atoms with Crippen molar-refractivity contribution in [2.24, 2.45) is 5.92 Å².